The minimum atomic E-state index is -0.426. The van der Waals surface area contributed by atoms with Crippen molar-refractivity contribution in [1.82, 2.24) is 4.90 Å². The number of phenols is 1. The van der Waals surface area contributed by atoms with Crippen molar-refractivity contribution < 1.29 is 19.4 Å². The Morgan fingerprint density at radius 1 is 1.41 bits per heavy atom. The molecule has 0 aliphatic heterocycles. The number of hydrogen-bond acceptors (Lipinski definition) is 5. The van der Waals surface area contributed by atoms with Gasteiger partial charge in [-0.05, 0) is 32.3 Å². The summed E-state index contributed by atoms with van der Waals surface area (Å²) < 4.78 is 9.97. The van der Waals surface area contributed by atoms with Gasteiger partial charge in [-0.2, -0.15) is 0 Å². The summed E-state index contributed by atoms with van der Waals surface area (Å²) >= 11 is 0. The van der Waals surface area contributed by atoms with E-state index in [1.54, 1.807) is 0 Å². The van der Waals surface area contributed by atoms with Crippen molar-refractivity contribution in [3.05, 3.63) is 23.8 Å². The molecule has 5 heteroatoms. The molecule has 0 aliphatic rings. The molecular formula is C12H17NO4. The molecule has 1 rings (SSSR count). The molecule has 0 amide bonds. The van der Waals surface area contributed by atoms with E-state index in [0.29, 0.717) is 18.7 Å². The largest absolute Gasteiger partial charge is 0.504 e. The van der Waals surface area contributed by atoms with E-state index in [2.05, 4.69) is 0 Å². The second kappa shape index (κ2) is 6.10. The van der Waals surface area contributed by atoms with E-state index in [1.165, 1.54) is 25.3 Å². The van der Waals surface area contributed by atoms with Crippen LogP contribution in [-0.2, 0) is 4.74 Å². The van der Waals surface area contributed by atoms with Crippen LogP contribution < -0.4 is 4.74 Å². The second-order valence-corrected chi connectivity index (χ2v) is 3.83. The zero-order valence-electron chi connectivity index (χ0n) is 10.3. The van der Waals surface area contributed by atoms with Gasteiger partial charge in [0.1, 0.15) is 6.61 Å². The molecule has 0 radical (unpaired) electrons. The van der Waals surface area contributed by atoms with E-state index in [0.717, 1.165) is 0 Å². The van der Waals surface area contributed by atoms with Gasteiger partial charge in [0.25, 0.3) is 0 Å². The van der Waals surface area contributed by atoms with E-state index in [1.807, 2.05) is 19.0 Å². The van der Waals surface area contributed by atoms with E-state index in [9.17, 15) is 9.90 Å². The molecule has 0 saturated heterocycles. The number of benzene rings is 1. The molecule has 0 heterocycles. The SMILES string of the molecule is COc1cc(C(=O)OCCN(C)C)ccc1O. The molecular weight excluding hydrogens is 222 g/mol. The third-order valence-electron chi connectivity index (χ3n) is 2.19. The van der Waals surface area contributed by atoms with Crippen molar-refractivity contribution in [2.45, 2.75) is 0 Å². The number of carbonyl (C=O) groups excluding carboxylic acids is 1. The number of nitrogens with zero attached hydrogens (tertiary/aromatic N) is 1. The van der Waals surface area contributed by atoms with Crippen molar-refractivity contribution in [2.75, 3.05) is 34.4 Å². The summed E-state index contributed by atoms with van der Waals surface area (Å²) in [5, 5.41) is 9.38. The van der Waals surface area contributed by atoms with Crippen LogP contribution in [0.5, 0.6) is 11.5 Å². The molecule has 0 aromatic heterocycles. The molecule has 94 valence electrons. The Kier molecular flexibility index (Phi) is 4.78. The molecule has 0 bridgehead atoms. The number of carbonyl (C=O) groups is 1. The molecule has 1 aromatic carbocycles. The Bertz CT molecular complexity index is 390. The third kappa shape index (κ3) is 3.96. The van der Waals surface area contributed by atoms with Crippen LogP contribution in [0.3, 0.4) is 0 Å². The molecule has 0 atom stereocenters. The maximum absolute atomic E-state index is 11.6. The number of methoxy groups -OCH3 is 1. The predicted molar refractivity (Wildman–Crippen MR) is 63.5 cm³/mol. The van der Waals surface area contributed by atoms with Gasteiger partial charge in [0, 0.05) is 6.54 Å². The Hall–Kier alpha value is -1.75. The molecule has 0 unspecified atom stereocenters. The average molecular weight is 239 g/mol. The first-order valence-corrected chi connectivity index (χ1v) is 5.23. The molecule has 0 aliphatic carbocycles. The summed E-state index contributed by atoms with van der Waals surface area (Å²) in [5.41, 5.74) is 0.360. The Balaban J connectivity index is 2.63. The van der Waals surface area contributed by atoms with Crippen LogP contribution >= 0.6 is 0 Å². The highest BCUT2D eigenvalue weighted by atomic mass is 16.5. The van der Waals surface area contributed by atoms with Crippen LogP contribution in [0, 0.1) is 0 Å². The highest BCUT2D eigenvalue weighted by Gasteiger charge is 2.10. The number of hydrogen-bond donors (Lipinski definition) is 1. The smallest absolute Gasteiger partial charge is 0.338 e. The van der Waals surface area contributed by atoms with Crippen LogP contribution in [0.4, 0.5) is 0 Å². The minimum Gasteiger partial charge on any atom is -0.504 e. The van der Waals surface area contributed by atoms with Gasteiger partial charge < -0.3 is 19.5 Å². The fourth-order valence-corrected chi connectivity index (χ4v) is 1.21. The predicted octanol–water partition coefficient (Wildman–Crippen LogP) is 1.12. The van der Waals surface area contributed by atoms with Gasteiger partial charge in [-0.25, -0.2) is 4.79 Å². The topological polar surface area (TPSA) is 59.0 Å². The number of likely N-dealkylation sites (N-methyl/N-ethyl adjacent to an activating group) is 1. The lowest BCUT2D eigenvalue weighted by molar-refractivity contribution is 0.0481. The molecule has 17 heavy (non-hydrogen) atoms. The van der Waals surface area contributed by atoms with E-state index >= 15 is 0 Å². The maximum atomic E-state index is 11.6. The number of phenolic OH excluding ortho intramolecular Hbond substituents is 1. The van der Waals surface area contributed by atoms with Crippen molar-refractivity contribution in [3.8, 4) is 11.5 Å². The van der Waals surface area contributed by atoms with Gasteiger partial charge in [0.05, 0.1) is 12.7 Å². The molecule has 0 spiro atoms. The van der Waals surface area contributed by atoms with Crippen LogP contribution in [-0.4, -0.2) is 50.3 Å². The zero-order valence-corrected chi connectivity index (χ0v) is 10.3. The molecule has 1 aromatic rings. The van der Waals surface area contributed by atoms with Crippen LogP contribution in [0.25, 0.3) is 0 Å². The standard InChI is InChI=1S/C12H17NO4/c1-13(2)6-7-17-12(15)9-4-5-10(14)11(8-9)16-3/h4-5,8,14H,6-7H2,1-3H3. The normalized spacial score (nSPS) is 10.4. The molecule has 1 N–H and O–H groups in total. The highest BCUT2D eigenvalue weighted by Crippen LogP contribution is 2.26. The number of aromatic hydroxyl groups is 1. The Morgan fingerprint density at radius 3 is 2.71 bits per heavy atom. The molecule has 0 fully saturated rings. The first-order chi connectivity index (χ1) is 8.04. The summed E-state index contributed by atoms with van der Waals surface area (Å²) in [4.78, 5) is 13.5. The van der Waals surface area contributed by atoms with Crippen LogP contribution in [0.1, 0.15) is 10.4 Å². The Labute approximate surface area is 101 Å². The fraction of sp³-hybridized carbons (Fsp3) is 0.417. The van der Waals surface area contributed by atoms with Crippen LogP contribution in [0.2, 0.25) is 0 Å². The van der Waals surface area contributed by atoms with Crippen molar-refractivity contribution >= 4 is 5.97 Å². The van der Waals surface area contributed by atoms with Gasteiger partial charge in [-0.1, -0.05) is 0 Å². The summed E-state index contributed by atoms with van der Waals surface area (Å²) in [5.74, 6) is -0.172. The molecule has 0 saturated carbocycles. The Morgan fingerprint density at radius 2 is 2.12 bits per heavy atom. The second-order valence-electron chi connectivity index (χ2n) is 3.83. The first kappa shape index (κ1) is 13.3. The minimum absolute atomic E-state index is 0.00246. The van der Waals surface area contributed by atoms with Crippen molar-refractivity contribution in [2.24, 2.45) is 0 Å². The van der Waals surface area contributed by atoms with Gasteiger partial charge in [0.2, 0.25) is 0 Å². The summed E-state index contributed by atoms with van der Waals surface area (Å²) in [6.45, 7) is 0.996. The number of esters is 1. The van der Waals surface area contributed by atoms with E-state index in [4.69, 9.17) is 9.47 Å². The van der Waals surface area contributed by atoms with Crippen molar-refractivity contribution in [3.63, 3.8) is 0 Å². The molecule has 5 nitrogen and oxygen atoms in total. The number of ether oxygens (including phenoxy) is 2. The third-order valence-corrected chi connectivity index (χ3v) is 2.19. The van der Waals surface area contributed by atoms with Gasteiger partial charge >= 0.3 is 5.97 Å². The lowest BCUT2D eigenvalue weighted by Gasteiger charge is -2.10. The van der Waals surface area contributed by atoms with E-state index in [-0.39, 0.29) is 11.5 Å². The van der Waals surface area contributed by atoms with Crippen molar-refractivity contribution in [1.29, 1.82) is 0 Å². The van der Waals surface area contributed by atoms with Gasteiger partial charge in [-0.15, -0.1) is 0 Å². The summed E-state index contributed by atoms with van der Waals surface area (Å²) in [6.07, 6.45) is 0. The monoisotopic (exact) mass is 239 g/mol. The maximum Gasteiger partial charge on any atom is 0.338 e. The summed E-state index contributed by atoms with van der Waals surface area (Å²) in [6, 6.07) is 4.35. The average Bonchev–Trinajstić information content (AvgIpc) is 2.29. The van der Waals surface area contributed by atoms with Gasteiger partial charge in [-0.3, -0.25) is 0 Å². The lowest BCUT2D eigenvalue weighted by Crippen LogP contribution is -2.20. The first-order valence-electron chi connectivity index (χ1n) is 5.23. The lowest BCUT2D eigenvalue weighted by atomic mass is 10.2. The number of rotatable bonds is 5. The quantitative estimate of drug-likeness (QED) is 0.780. The highest BCUT2D eigenvalue weighted by molar-refractivity contribution is 5.90. The van der Waals surface area contributed by atoms with E-state index < -0.39 is 5.97 Å². The van der Waals surface area contributed by atoms with Gasteiger partial charge in [0.15, 0.2) is 11.5 Å². The summed E-state index contributed by atoms with van der Waals surface area (Å²) in [7, 11) is 5.23. The van der Waals surface area contributed by atoms with Crippen LogP contribution in [0.15, 0.2) is 18.2 Å². The zero-order chi connectivity index (χ0) is 12.8. The fourth-order valence-electron chi connectivity index (χ4n) is 1.21.